The quantitative estimate of drug-likeness (QED) is 0.243. The second-order valence-electron chi connectivity index (χ2n) is 10.8. The van der Waals surface area contributed by atoms with Crippen molar-refractivity contribution in [3.63, 3.8) is 0 Å². The van der Waals surface area contributed by atoms with Crippen molar-refractivity contribution in [2.24, 2.45) is 0 Å². The molecule has 3 amide bonds. The molecule has 0 saturated carbocycles. The second kappa shape index (κ2) is 16.1. The Labute approximate surface area is 243 Å². The molecule has 8 heteroatoms. The molecule has 0 aliphatic rings. The second-order valence-corrected chi connectivity index (χ2v) is 10.8. The van der Waals surface area contributed by atoms with Gasteiger partial charge in [0, 0.05) is 19.6 Å². The summed E-state index contributed by atoms with van der Waals surface area (Å²) < 4.78 is 10.8. The highest BCUT2D eigenvalue weighted by Crippen LogP contribution is 2.15. The van der Waals surface area contributed by atoms with E-state index in [9.17, 15) is 14.4 Å². The number of hydrogen-bond donors (Lipinski definition) is 2. The van der Waals surface area contributed by atoms with Gasteiger partial charge in [0.05, 0.1) is 6.61 Å². The van der Waals surface area contributed by atoms with Crippen LogP contribution in [0.3, 0.4) is 0 Å². The van der Waals surface area contributed by atoms with E-state index in [1.54, 1.807) is 25.7 Å². The van der Waals surface area contributed by atoms with Gasteiger partial charge in [0.25, 0.3) is 0 Å². The Morgan fingerprint density at radius 2 is 1.24 bits per heavy atom. The van der Waals surface area contributed by atoms with Gasteiger partial charge in [0.15, 0.2) is 0 Å². The Morgan fingerprint density at radius 3 is 1.76 bits per heavy atom. The molecule has 218 valence electrons. The average Bonchev–Trinajstić information content (AvgIpc) is 2.95. The van der Waals surface area contributed by atoms with Crippen LogP contribution in [-0.4, -0.2) is 41.2 Å². The van der Waals surface area contributed by atoms with Gasteiger partial charge in [-0.1, -0.05) is 91.0 Å². The summed E-state index contributed by atoms with van der Waals surface area (Å²) in [6.07, 6.45) is 0.322. The van der Waals surface area contributed by atoms with Crippen LogP contribution in [0.4, 0.5) is 9.59 Å². The van der Waals surface area contributed by atoms with Crippen LogP contribution in [0.5, 0.6) is 0 Å². The van der Waals surface area contributed by atoms with Crippen molar-refractivity contribution in [3.05, 3.63) is 108 Å². The van der Waals surface area contributed by atoms with Crippen LogP contribution in [0.2, 0.25) is 0 Å². The third kappa shape index (κ3) is 12.2. The van der Waals surface area contributed by atoms with Crippen molar-refractivity contribution in [1.82, 2.24) is 15.5 Å². The predicted octanol–water partition coefficient (Wildman–Crippen LogP) is 6.21. The lowest BCUT2D eigenvalue weighted by Gasteiger charge is -2.29. The number of rotatable bonds is 13. The Kier molecular flexibility index (Phi) is 12.2. The zero-order valence-electron chi connectivity index (χ0n) is 24.2. The van der Waals surface area contributed by atoms with Crippen molar-refractivity contribution in [1.29, 1.82) is 0 Å². The molecule has 41 heavy (non-hydrogen) atoms. The van der Waals surface area contributed by atoms with Crippen molar-refractivity contribution in [3.8, 4) is 0 Å². The number of hydrogen-bond acceptors (Lipinski definition) is 5. The van der Waals surface area contributed by atoms with Crippen molar-refractivity contribution >= 4 is 18.1 Å². The summed E-state index contributed by atoms with van der Waals surface area (Å²) >= 11 is 0. The number of benzene rings is 3. The third-order valence-electron chi connectivity index (χ3n) is 6.13. The number of carbonyl (C=O) groups excluding carboxylic acids is 3. The molecule has 0 spiro atoms. The number of amides is 3. The normalized spacial score (nSPS) is 11.7. The first-order valence-electron chi connectivity index (χ1n) is 14.0. The molecule has 0 fully saturated rings. The molecule has 0 saturated heterocycles. The Hall–Kier alpha value is -4.33. The SMILES string of the molecule is CC(C)(C)OC(=O)N[C@@H](CCCCOC(=O)NCc1ccccc1)C(=O)N(Cc1ccccc1)Cc1ccccc1. The highest BCUT2D eigenvalue weighted by atomic mass is 16.6. The van der Waals surface area contributed by atoms with Crippen molar-refractivity contribution in [2.45, 2.75) is 71.3 Å². The average molecular weight is 560 g/mol. The van der Waals surface area contributed by atoms with E-state index >= 15 is 0 Å². The fourth-order valence-corrected chi connectivity index (χ4v) is 4.18. The zero-order valence-corrected chi connectivity index (χ0v) is 24.2. The van der Waals surface area contributed by atoms with Gasteiger partial charge in [0.1, 0.15) is 11.6 Å². The topological polar surface area (TPSA) is 97.0 Å². The van der Waals surface area contributed by atoms with E-state index in [0.717, 1.165) is 16.7 Å². The van der Waals surface area contributed by atoms with Crippen LogP contribution in [0.15, 0.2) is 91.0 Å². The van der Waals surface area contributed by atoms with E-state index in [1.165, 1.54) is 0 Å². The standard InChI is InChI=1S/C33H41N3O5/c1-33(2,3)41-32(39)35-29(21-13-14-22-40-31(38)34-23-26-15-7-4-8-16-26)30(37)36(24-27-17-9-5-10-18-27)25-28-19-11-6-12-20-28/h4-12,15-20,29H,13-14,21-25H2,1-3H3,(H,34,38)(H,35,39)/t29-/m0/s1. The maximum absolute atomic E-state index is 13.9. The lowest BCUT2D eigenvalue weighted by molar-refractivity contribution is -0.135. The van der Waals surface area contributed by atoms with E-state index < -0.39 is 23.8 Å². The number of alkyl carbamates (subject to hydrolysis) is 2. The first-order valence-corrected chi connectivity index (χ1v) is 14.0. The summed E-state index contributed by atoms with van der Waals surface area (Å²) in [5.74, 6) is -0.204. The lowest BCUT2D eigenvalue weighted by Crippen LogP contribution is -2.49. The molecule has 2 N–H and O–H groups in total. The van der Waals surface area contributed by atoms with E-state index in [-0.39, 0.29) is 12.5 Å². The van der Waals surface area contributed by atoms with Crippen LogP contribution >= 0.6 is 0 Å². The molecule has 3 aromatic carbocycles. The molecule has 0 bridgehead atoms. The van der Waals surface area contributed by atoms with Crippen molar-refractivity contribution in [2.75, 3.05) is 6.61 Å². The van der Waals surface area contributed by atoms with E-state index in [4.69, 9.17) is 9.47 Å². The van der Waals surface area contributed by atoms with E-state index in [2.05, 4.69) is 10.6 Å². The Bertz CT molecular complexity index is 1170. The first-order chi connectivity index (χ1) is 19.7. The van der Waals surface area contributed by atoms with Gasteiger partial charge in [-0.05, 0) is 56.7 Å². The van der Waals surface area contributed by atoms with Crippen LogP contribution in [-0.2, 0) is 33.9 Å². The van der Waals surface area contributed by atoms with Crippen LogP contribution in [0.1, 0.15) is 56.7 Å². The number of carbonyl (C=O) groups is 3. The predicted molar refractivity (Wildman–Crippen MR) is 159 cm³/mol. The third-order valence-corrected chi connectivity index (χ3v) is 6.13. The molecule has 3 aromatic rings. The van der Waals surface area contributed by atoms with Crippen LogP contribution < -0.4 is 10.6 Å². The minimum atomic E-state index is -0.802. The van der Waals surface area contributed by atoms with Gasteiger partial charge in [-0.25, -0.2) is 9.59 Å². The molecule has 0 heterocycles. The van der Waals surface area contributed by atoms with Gasteiger partial charge in [-0.15, -0.1) is 0 Å². The molecule has 0 aliphatic carbocycles. The molecule has 0 aromatic heterocycles. The summed E-state index contributed by atoms with van der Waals surface area (Å²) in [6.45, 7) is 6.71. The molecular formula is C33H41N3O5. The summed E-state index contributed by atoms with van der Waals surface area (Å²) in [7, 11) is 0. The largest absolute Gasteiger partial charge is 0.450 e. The smallest absolute Gasteiger partial charge is 0.408 e. The highest BCUT2D eigenvalue weighted by Gasteiger charge is 2.28. The van der Waals surface area contributed by atoms with Gasteiger partial charge in [-0.2, -0.15) is 0 Å². The van der Waals surface area contributed by atoms with E-state index in [1.807, 2.05) is 91.0 Å². The van der Waals surface area contributed by atoms with Crippen LogP contribution in [0.25, 0.3) is 0 Å². The van der Waals surface area contributed by atoms with E-state index in [0.29, 0.717) is 38.9 Å². The maximum Gasteiger partial charge on any atom is 0.408 e. The summed E-state index contributed by atoms with van der Waals surface area (Å²) in [6, 6.07) is 28.3. The van der Waals surface area contributed by atoms with Gasteiger partial charge in [-0.3, -0.25) is 4.79 Å². The monoisotopic (exact) mass is 559 g/mol. The fourth-order valence-electron chi connectivity index (χ4n) is 4.18. The molecule has 0 radical (unpaired) electrons. The molecule has 1 atom stereocenters. The van der Waals surface area contributed by atoms with Gasteiger partial charge in [0.2, 0.25) is 5.91 Å². The number of ether oxygens (including phenoxy) is 2. The van der Waals surface area contributed by atoms with Gasteiger partial charge >= 0.3 is 12.2 Å². The molecule has 8 nitrogen and oxygen atoms in total. The number of nitrogens with one attached hydrogen (secondary N) is 2. The Balaban J connectivity index is 1.61. The lowest BCUT2D eigenvalue weighted by atomic mass is 10.1. The summed E-state index contributed by atoms with van der Waals surface area (Å²) in [5, 5.41) is 5.52. The minimum absolute atomic E-state index is 0.200. The maximum atomic E-state index is 13.9. The summed E-state index contributed by atoms with van der Waals surface area (Å²) in [5.41, 5.74) is 2.26. The Morgan fingerprint density at radius 1 is 0.732 bits per heavy atom. The van der Waals surface area contributed by atoms with Crippen LogP contribution in [0, 0.1) is 0 Å². The highest BCUT2D eigenvalue weighted by molar-refractivity contribution is 5.85. The molecule has 3 rings (SSSR count). The van der Waals surface area contributed by atoms with Gasteiger partial charge < -0.3 is 25.0 Å². The summed E-state index contributed by atoms with van der Waals surface area (Å²) in [4.78, 5) is 40.4. The number of nitrogens with zero attached hydrogens (tertiary/aromatic N) is 1. The molecule has 0 unspecified atom stereocenters. The fraction of sp³-hybridized carbons (Fsp3) is 0.364. The molecule has 0 aliphatic heterocycles. The zero-order chi connectivity index (χ0) is 29.5. The molecular weight excluding hydrogens is 518 g/mol. The minimum Gasteiger partial charge on any atom is -0.450 e. The number of unbranched alkanes of at least 4 members (excludes halogenated alkanes) is 1. The van der Waals surface area contributed by atoms with Crippen molar-refractivity contribution < 1.29 is 23.9 Å². The first kappa shape index (κ1) is 31.2.